The number of rotatable bonds is 8. The van der Waals surface area contributed by atoms with Crippen LogP contribution in [0.4, 0.5) is 5.69 Å². The SMILES string of the molecule is NCCOc1ccc(NC(=O)c2ccccc2OCC2CC2)cc1. The molecule has 5 nitrogen and oxygen atoms in total. The lowest BCUT2D eigenvalue weighted by molar-refractivity contribution is 0.102. The Hall–Kier alpha value is -2.53. The van der Waals surface area contributed by atoms with Crippen LogP contribution in [0.2, 0.25) is 0 Å². The molecule has 1 amide bonds. The zero-order chi connectivity index (χ0) is 16.8. The highest BCUT2D eigenvalue weighted by Crippen LogP contribution is 2.30. The molecule has 0 bridgehead atoms. The fraction of sp³-hybridized carbons (Fsp3) is 0.316. The molecule has 5 heteroatoms. The lowest BCUT2D eigenvalue weighted by Gasteiger charge is -2.12. The Bertz CT molecular complexity index is 681. The van der Waals surface area contributed by atoms with Gasteiger partial charge in [-0.2, -0.15) is 0 Å². The van der Waals surface area contributed by atoms with Gasteiger partial charge in [0.25, 0.3) is 5.91 Å². The molecule has 1 aliphatic carbocycles. The average molecular weight is 326 g/mol. The van der Waals surface area contributed by atoms with E-state index in [2.05, 4.69) is 5.32 Å². The molecule has 0 heterocycles. The molecule has 2 aromatic carbocycles. The van der Waals surface area contributed by atoms with Crippen LogP contribution in [-0.2, 0) is 0 Å². The van der Waals surface area contributed by atoms with E-state index in [0.717, 1.165) is 5.75 Å². The van der Waals surface area contributed by atoms with Crippen molar-refractivity contribution >= 4 is 11.6 Å². The molecule has 3 rings (SSSR count). The number of ether oxygens (including phenoxy) is 2. The molecular formula is C19H22N2O3. The van der Waals surface area contributed by atoms with E-state index in [0.29, 0.717) is 42.7 Å². The highest BCUT2D eigenvalue weighted by molar-refractivity contribution is 6.06. The van der Waals surface area contributed by atoms with E-state index in [4.69, 9.17) is 15.2 Å². The lowest BCUT2D eigenvalue weighted by atomic mass is 10.2. The minimum absolute atomic E-state index is 0.183. The highest BCUT2D eigenvalue weighted by Gasteiger charge is 2.23. The van der Waals surface area contributed by atoms with Crippen molar-refractivity contribution in [3.8, 4) is 11.5 Å². The largest absolute Gasteiger partial charge is 0.492 e. The van der Waals surface area contributed by atoms with Gasteiger partial charge in [0.1, 0.15) is 18.1 Å². The maximum atomic E-state index is 12.5. The minimum Gasteiger partial charge on any atom is -0.492 e. The van der Waals surface area contributed by atoms with Crippen molar-refractivity contribution in [3.63, 3.8) is 0 Å². The van der Waals surface area contributed by atoms with Gasteiger partial charge in [-0.3, -0.25) is 4.79 Å². The van der Waals surface area contributed by atoms with E-state index >= 15 is 0 Å². The number of nitrogens with one attached hydrogen (secondary N) is 1. The fourth-order valence-electron chi connectivity index (χ4n) is 2.28. The molecule has 1 fully saturated rings. The van der Waals surface area contributed by atoms with Gasteiger partial charge in [0.15, 0.2) is 0 Å². The van der Waals surface area contributed by atoms with Crippen molar-refractivity contribution < 1.29 is 14.3 Å². The molecule has 0 aliphatic heterocycles. The minimum atomic E-state index is -0.183. The molecule has 126 valence electrons. The Morgan fingerprint density at radius 3 is 2.54 bits per heavy atom. The number of carbonyl (C=O) groups is 1. The second kappa shape index (κ2) is 7.84. The molecule has 3 N–H and O–H groups in total. The molecule has 24 heavy (non-hydrogen) atoms. The summed E-state index contributed by atoms with van der Waals surface area (Å²) < 4.78 is 11.2. The standard InChI is InChI=1S/C19H22N2O3/c20-11-12-23-16-9-7-15(8-10-16)21-19(22)17-3-1-2-4-18(17)24-13-14-5-6-14/h1-4,7-10,14H,5-6,11-13,20H2,(H,21,22). The summed E-state index contributed by atoms with van der Waals surface area (Å²) in [6.45, 7) is 1.62. The number of nitrogens with two attached hydrogens (primary N) is 1. The first kappa shape index (κ1) is 16.3. The molecular weight excluding hydrogens is 304 g/mol. The lowest BCUT2D eigenvalue weighted by Crippen LogP contribution is -2.14. The van der Waals surface area contributed by atoms with E-state index in [-0.39, 0.29) is 5.91 Å². The second-order valence-corrected chi connectivity index (χ2v) is 5.87. The third-order valence-electron chi connectivity index (χ3n) is 3.80. The van der Waals surface area contributed by atoms with Gasteiger partial charge >= 0.3 is 0 Å². The average Bonchev–Trinajstić information content (AvgIpc) is 3.44. The molecule has 0 spiro atoms. The van der Waals surface area contributed by atoms with Gasteiger partial charge < -0.3 is 20.5 Å². The molecule has 0 saturated heterocycles. The monoisotopic (exact) mass is 326 g/mol. The number of para-hydroxylation sites is 1. The predicted octanol–water partition coefficient (Wildman–Crippen LogP) is 3.07. The Labute approximate surface area is 141 Å². The highest BCUT2D eigenvalue weighted by atomic mass is 16.5. The van der Waals surface area contributed by atoms with Gasteiger partial charge in [0.05, 0.1) is 12.2 Å². The number of carbonyl (C=O) groups excluding carboxylic acids is 1. The number of anilines is 1. The molecule has 1 saturated carbocycles. The fourth-order valence-corrected chi connectivity index (χ4v) is 2.28. The Kier molecular flexibility index (Phi) is 5.33. The summed E-state index contributed by atoms with van der Waals surface area (Å²) in [6.07, 6.45) is 2.43. The molecule has 0 radical (unpaired) electrons. The summed E-state index contributed by atoms with van der Waals surface area (Å²) in [6, 6.07) is 14.5. The van der Waals surface area contributed by atoms with Crippen molar-refractivity contribution in [2.75, 3.05) is 25.1 Å². The van der Waals surface area contributed by atoms with Crippen LogP contribution >= 0.6 is 0 Å². The van der Waals surface area contributed by atoms with Crippen molar-refractivity contribution in [1.82, 2.24) is 0 Å². The summed E-state index contributed by atoms with van der Waals surface area (Å²) in [5, 5.41) is 2.89. The summed E-state index contributed by atoms with van der Waals surface area (Å²) >= 11 is 0. The number of hydrogen-bond donors (Lipinski definition) is 2. The van der Waals surface area contributed by atoms with Gasteiger partial charge in [-0.1, -0.05) is 12.1 Å². The summed E-state index contributed by atoms with van der Waals surface area (Å²) in [7, 11) is 0. The Balaban J connectivity index is 1.63. The zero-order valence-corrected chi connectivity index (χ0v) is 13.5. The third-order valence-corrected chi connectivity index (χ3v) is 3.80. The van der Waals surface area contributed by atoms with Gasteiger partial charge in [-0.25, -0.2) is 0 Å². The van der Waals surface area contributed by atoms with E-state index in [9.17, 15) is 4.79 Å². The molecule has 0 aromatic heterocycles. The Morgan fingerprint density at radius 2 is 1.83 bits per heavy atom. The first-order valence-electron chi connectivity index (χ1n) is 8.22. The normalized spacial score (nSPS) is 13.4. The number of amides is 1. The van der Waals surface area contributed by atoms with Crippen molar-refractivity contribution in [3.05, 3.63) is 54.1 Å². The first-order chi connectivity index (χ1) is 11.8. The predicted molar refractivity (Wildman–Crippen MR) is 93.6 cm³/mol. The number of hydrogen-bond acceptors (Lipinski definition) is 4. The second-order valence-electron chi connectivity index (χ2n) is 5.87. The molecule has 1 aliphatic rings. The molecule has 2 aromatic rings. The van der Waals surface area contributed by atoms with Crippen LogP contribution in [0, 0.1) is 5.92 Å². The quantitative estimate of drug-likeness (QED) is 0.782. The maximum absolute atomic E-state index is 12.5. The van der Waals surface area contributed by atoms with Crippen LogP contribution < -0.4 is 20.5 Å². The van der Waals surface area contributed by atoms with Crippen LogP contribution in [0.15, 0.2) is 48.5 Å². The van der Waals surface area contributed by atoms with Gasteiger partial charge in [-0.15, -0.1) is 0 Å². The van der Waals surface area contributed by atoms with Crippen LogP contribution in [0.5, 0.6) is 11.5 Å². The molecule has 0 atom stereocenters. The topological polar surface area (TPSA) is 73.6 Å². The zero-order valence-electron chi connectivity index (χ0n) is 13.5. The smallest absolute Gasteiger partial charge is 0.259 e. The summed E-state index contributed by atoms with van der Waals surface area (Å²) in [4.78, 5) is 12.5. The molecule has 0 unspecified atom stereocenters. The number of benzene rings is 2. The van der Waals surface area contributed by atoms with Gasteiger partial charge in [0.2, 0.25) is 0 Å². The summed E-state index contributed by atoms with van der Waals surface area (Å²) in [5.74, 6) is 1.82. The van der Waals surface area contributed by atoms with E-state index in [1.54, 1.807) is 30.3 Å². The van der Waals surface area contributed by atoms with Gasteiger partial charge in [0, 0.05) is 12.2 Å². The van der Waals surface area contributed by atoms with Crippen LogP contribution in [0.25, 0.3) is 0 Å². The summed E-state index contributed by atoms with van der Waals surface area (Å²) in [5.41, 5.74) is 6.65. The van der Waals surface area contributed by atoms with Crippen molar-refractivity contribution in [2.45, 2.75) is 12.8 Å². The Morgan fingerprint density at radius 1 is 1.08 bits per heavy atom. The van der Waals surface area contributed by atoms with Crippen molar-refractivity contribution in [2.24, 2.45) is 11.7 Å². The van der Waals surface area contributed by atoms with Gasteiger partial charge in [-0.05, 0) is 55.2 Å². The maximum Gasteiger partial charge on any atom is 0.259 e. The van der Waals surface area contributed by atoms with Crippen LogP contribution in [0.1, 0.15) is 23.2 Å². The first-order valence-corrected chi connectivity index (χ1v) is 8.22. The van der Waals surface area contributed by atoms with E-state index in [1.165, 1.54) is 12.8 Å². The third kappa shape index (κ3) is 4.49. The van der Waals surface area contributed by atoms with Crippen LogP contribution in [0.3, 0.4) is 0 Å². The van der Waals surface area contributed by atoms with Crippen LogP contribution in [-0.4, -0.2) is 25.7 Å². The van der Waals surface area contributed by atoms with E-state index < -0.39 is 0 Å². The van der Waals surface area contributed by atoms with E-state index in [1.807, 2.05) is 18.2 Å². The van der Waals surface area contributed by atoms with Crippen molar-refractivity contribution in [1.29, 1.82) is 0 Å².